The van der Waals surface area contributed by atoms with Crippen molar-refractivity contribution in [3.8, 4) is 0 Å². The molecule has 0 aromatic heterocycles. The fourth-order valence-electron chi connectivity index (χ4n) is 3.18. The molecule has 3 heteroatoms. The van der Waals surface area contributed by atoms with E-state index >= 15 is 0 Å². The van der Waals surface area contributed by atoms with E-state index < -0.39 is 0 Å². The molecule has 2 nitrogen and oxygen atoms in total. The molecule has 0 radical (unpaired) electrons. The molecule has 0 bridgehead atoms. The van der Waals surface area contributed by atoms with Crippen LogP contribution in [0.2, 0.25) is 0 Å². The van der Waals surface area contributed by atoms with Gasteiger partial charge < -0.3 is 10.5 Å². The summed E-state index contributed by atoms with van der Waals surface area (Å²) in [5.74, 6) is 2.22. The zero-order valence-corrected chi connectivity index (χ0v) is 13.0. The van der Waals surface area contributed by atoms with Gasteiger partial charge >= 0.3 is 6.98 Å². The molecule has 0 aliphatic carbocycles. The van der Waals surface area contributed by atoms with E-state index in [1.165, 1.54) is 27.7 Å². The van der Waals surface area contributed by atoms with Crippen molar-refractivity contribution in [3.05, 3.63) is 84.3 Å². The van der Waals surface area contributed by atoms with Crippen molar-refractivity contribution in [2.45, 2.75) is 12.8 Å². The lowest BCUT2D eigenvalue weighted by atomic mass is 9.73. The number of rotatable bonds is 4. The molecule has 23 heavy (non-hydrogen) atoms. The Morgan fingerprint density at radius 3 is 2.17 bits per heavy atom. The highest BCUT2D eigenvalue weighted by Crippen LogP contribution is 2.33. The molecule has 0 saturated heterocycles. The lowest BCUT2D eigenvalue weighted by Gasteiger charge is -2.24. The first-order valence-electron chi connectivity index (χ1n) is 8.15. The van der Waals surface area contributed by atoms with Crippen molar-refractivity contribution in [1.29, 1.82) is 0 Å². The quantitative estimate of drug-likeness (QED) is 0.670. The molecule has 0 atom stereocenters. The standard InChI is InChI=1S/C20H19BN2/c1-2-8-16(9-3-1)10-4-5-15-21-22-18-13-6-11-17-12-7-14-19(23-21)20(17)18/h1-3,5-9,11-15,22-23H,4,10H2/b15-5+. The summed E-state index contributed by atoms with van der Waals surface area (Å²) in [5, 5.41) is 9.68. The predicted octanol–water partition coefficient (Wildman–Crippen LogP) is 4.89. The summed E-state index contributed by atoms with van der Waals surface area (Å²) in [6, 6.07) is 23.4. The van der Waals surface area contributed by atoms with Gasteiger partial charge in [-0.15, -0.1) is 0 Å². The average molecular weight is 298 g/mol. The second kappa shape index (κ2) is 6.21. The fourth-order valence-corrected chi connectivity index (χ4v) is 3.18. The molecule has 0 amide bonds. The molecule has 1 heterocycles. The van der Waals surface area contributed by atoms with Gasteiger partial charge in [0.15, 0.2) is 0 Å². The molecule has 1 aliphatic heterocycles. The molecular weight excluding hydrogens is 279 g/mol. The first-order valence-corrected chi connectivity index (χ1v) is 8.15. The lowest BCUT2D eigenvalue weighted by molar-refractivity contribution is 1.00. The van der Waals surface area contributed by atoms with Gasteiger partial charge in [-0.2, -0.15) is 0 Å². The summed E-state index contributed by atoms with van der Waals surface area (Å²) < 4.78 is 0. The normalized spacial score (nSPS) is 13.1. The lowest BCUT2D eigenvalue weighted by Crippen LogP contribution is -2.35. The maximum absolute atomic E-state index is 3.56. The van der Waals surface area contributed by atoms with Crippen LogP contribution in [-0.4, -0.2) is 6.98 Å². The first kappa shape index (κ1) is 14.0. The molecule has 1 aliphatic rings. The summed E-state index contributed by atoms with van der Waals surface area (Å²) in [7, 11) is 0. The minimum absolute atomic E-state index is 0.145. The molecule has 3 aromatic carbocycles. The van der Waals surface area contributed by atoms with E-state index in [-0.39, 0.29) is 6.98 Å². The van der Waals surface area contributed by atoms with Crippen LogP contribution in [0.25, 0.3) is 10.8 Å². The second-order valence-electron chi connectivity index (χ2n) is 5.93. The van der Waals surface area contributed by atoms with E-state index in [0.29, 0.717) is 0 Å². The summed E-state index contributed by atoms with van der Waals surface area (Å²) in [5.41, 5.74) is 3.79. The van der Waals surface area contributed by atoms with E-state index in [1.807, 2.05) is 0 Å². The van der Waals surface area contributed by atoms with Crippen LogP contribution in [0.15, 0.2) is 78.8 Å². The minimum atomic E-state index is 0.145. The second-order valence-corrected chi connectivity index (χ2v) is 5.93. The largest absolute Gasteiger partial charge is 0.405 e. The van der Waals surface area contributed by atoms with Crippen molar-refractivity contribution in [1.82, 2.24) is 0 Å². The Morgan fingerprint density at radius 1 is 0.783 bits per heavy atom. The molecule has 0 saturated carbocycles. The highest BCUT2D eigenvalue weighted by molar-refractivity contribution is 6.72. The number of benzene rings is 3. The zero-order chi connectivity index (χ0) is 15.5. The number of nitrogens with one attached hydrogen (secondary N) is 2. The molecular formula is C20H19BN2. The molecule has 3 aromatic rings. The molecule has 0 unspecified atom stereocenters. The topological polar surface area (TPSA) is 24.1 Å². The Bertz CT molecular complexity index is 802. The smallest absolute Gasteiger partial charge is 0.398 e. The van der Waals surface area contributed by atoms with Crippen LogP contribution in [0, 0.1) is 0 Å². The van der Waals surface area contributed by atoms with Crippen LogP contribution in [0.3, 0.4) is 0 Å². The molecule has 0 spiro atoms. The van der Waals surface area contributed by atoms with Gasteiger partial charge in [-0.05, 0) is 35.9 Å². The third kappa shape index (κ3) is 2.95. The Morgan fingerprint density at radius 2 is 1.48 bits per heavy atom. The summed E-state index contributed by atoms with van der Waals surface area (Å²) in [6.07, 6.45) is 4.39. The van der Waals surface area contributed by atoms with Crippen LogP contribution in [0.1, 0.15) is 12.0 Å². The van der Waals surface area contributed by atoms with Crippen molar-refractivity contribution < 1.29 is 0 Å². The number of hydrogen-bond donors (Lipinski definition) is 2. The van der Waals surface area contributed by atoms with Crippen LogP contribution in [0.5, 0.6) is 0 Å². The Balaban J connectivity index is 1.45. The summed E-state index contributed by atoms with van der Waals surface area (Å²) >= 11 is 0. The van der Waals surface area contributed by atoms with Gasteiger partial charge in [0.1, 0.15) is 0 Å². The van der Waals surface area contributed by atoms with E-state index in [9.17, 15) is 0 Å². The maximum atomic E-state index is 3.56. The molecule has 0 fully saturated rings. The third-order valence-electron chi connectivity index (χ3n) is 4.30. The van der Waals surface area contributed by atoms with Gasteiger partial charge in [-0.3, -0.25) is 0 Å². The Labute approximate surface area is 137 Å². The third-order valence-corrected chi connectivity index (χ3v) is 4.30. The maximum Gasteiger partial charge on any atom is 0.398 e. The van der Waals surface area contributed by atoms with Gasteiger partial charge in [0.2, 0.25) is 0 Å². The number of allylic oxidation sites excluding steroid dienone is 1. The van der Waals surface area contributed by atoms with Gasteiger partial charge in [0, 0.05) is 16.8 Å². The average Bonchev–Trinajstić information content (AvgIpc) is 2.60. The van der Waals surface area contributed by atoms with Crippen LogP contribution in [0.4, 0.5) is 11.4 Å². The Kier molecular flexibility index (Phi) is 3.77. The van der Waals surface area contributed by atoms with Gasteiger partial charge in [0.25, 0.3) is 0 Å². The molecule has 2 N–H and O–H groups in total. The van der Waals surface area contributed by atoms with E-state index in [0.717, 1.165) is 12.8 Å². The van der Waals surface area contributed by atoms with Crippen molar-refractivity contribution >= 4 is 29.1 Å². The number of hydrogen-bond acceptors (Lipinski definition) is 2. The van der Waals surface area contributed by atoms with Crippen molar-refractivity contribution in [2.24, 2.45) is 0 Å². The van der Waals surface area contributed by atoms with E-state index in [1.54, 1.807) is 0 Å². The zero-order valence-electron chi connectivity index (χ0n) is 13.0. The van der Waals surface area contributed by atoms with Crippen molar-refractivity contribution in [3.63, 3.8) is 0 Å². The molecule has 112 valence electrons. The summed E-state index contributed by atoms with van der Waals surface area (Å²) in [4.78, 5) is 0. The Hall–Kier alpha value is -2.68. The highest BCUT2D eigenvalue weighted by atomic mass is 15.0. The van der Waals surface area contributed by atoms with E-state index in [4.69, 9.17) is 0 Å². The monoisotopic (exact) mass is 298 g/mol. The fraction of sp³-hybridized carbons (Fsp3) is 0.100. The van der Waals surface area contributed by atoms with Crippen LogP contribution < -0.4 is 10.5 Å². The van der Waals surface area contributed by atoms with Gasteiger partial charge in [-0.1, -0.05) is 66.6 Å². The highest BCUT2D eigenvalue weighted by Gasteiger charge is 2.20. The minimum Gasteiger partial charge on any atom is -0.405 e. The summed E-state index contributed by atoms with van der Waals surface area (Å²) in [6.45, 7) is 0.145. The van der Waals surface area contributed by atoms with Crippen LogP contribution >= 0.6 is 0 Å². The van der Waals surface area contributed by atoms with Crippen molar-refractivity contribution in [2.75, 3.05) is 10.5 Å². The molecule has 4 rings (SSSR count). The first-order chi connectivity index (χ1) is 11.4. The number of aryl methyl sites for hydroxylation is 1. The number of anilines is 2. The SMILES string of the molecule is C(=C\B1Nc2cccc3cccc(c23)N1)/CCc1ccccc1. The van der Waals surface area contributed by atoms with Gasteiger partial charge in [-0.25, -0.2) is 0 Å². The predicted molar refractivity (Wildman–Crippen MR) is 101 cm³/mol. The van der Waals surface area contributed by atoms with E-state index in [2.05, 4.69) is 89.2 Å². The van der Waals surface area contributed by atoms with Gasteiger partial charge in [0.05, 0.1) is 0 Å². The van der Waals surface area contributed by atoms with Crippen LogP contribution in [-0.2, 0) is 6.42 Å².